The summed E-state index contributed by atoms with van der Waals surface area (Å²) in [7, 11) is 1.70. The highest BCUT2D eigenvalue weighted by Crippen LogP contribution is 2.50. The van der Waals surface area contributed by atoms with Gasteiger partial charge in [-0.1, -0.05) is 26.0 Å². The molecule has 1 fully saturated rings. The maximum Gasteiger partial charge on any atom is 0.196 e. The lowest BCUT2D eigenvalue weighted by atomic mass is 9.63. The molecule has 0 atom stereocenters. The minimum absolute atomic E-state index is 0.0770. The molecule has 4 nitrogen and oxygen atoms in total. The summed E-state index contributed by atoms with van der Waals surface area (Å²) >= 11 is 0. The molecule has 0 bridgehead atoms. The molecule has 4 heteroatoms. The zero-order valence-corrected chi connectivity index (χ0v) is 12.5. The van der Waals surface area contributed by atoms with Crippen LogP contribution in [0.1, 0.15) is 26.7 Å². The van der Waals surface area contributed by atoms with E-state index in [1.807, 2.05) is 18.2 Å². The Morgan fingerprint density at radius 3 is 2.70 bits per heavy atom. The van der Waals surface area contributed by atoms with E-state index in [0.29, 0.717) is 5.96 Å². The lowest BCUT2D eigenvalue weighted by Crippen LogP contribution is -2.60. The summed E-state index contributed by atoms with van der Waals surface area (Å²) in [4.78, 5) is 6.70. The van der Waals surface area contributed by atoms with Gasteiger partial charge in [-0.25, -0.2) is 0 Å². The molecule has 0 amide bonds. The number of hydrogen-bond donors (Lipinski definition) is 1. The van der Waals surface area contributed by atoms with Gasteiger partial charge in [0.15, 0.2) is 5.96 Å². The van der Waals surface area contributed by atoms with Crippen molar-refractivity contribution >= 4 is 11.6 Å². The lowest BCUT2D eigenvalue weighted by molar-refractivity contribution is 0.120. The third-order valence-corrected chi connectivity index (χ3v) is 4.79. The van der Waals surface area contributed by atoms with Crippen LogP contribution in [0.3, 0.4) is 0 Å². The minimum atomic E-state index is 0.0770. The summed E-state index contributed by atoms with van der Waals surface area (Å²) in [6.07, 6.45) is 2.32. The molecule has 1 aromatic carbocycles. The molecule has 0 unspecified atom stereocenters. The molecule has 1 aromatic rings. The second-order valence-corrected chi connectivity index (χ2v) is 6.32. The molecule has 108 valence electrons. The molecule has 20 heavy (non-hydrogen) atoms. The highest BCUT2D eigenvalue weighted by Gasteiger charge is 2.53. The van der Waals surface area contributed by atoms with Crippen molar-refractivity contribution in [2.24, 2.45) is 22.6 Å². The number of ether oxygens (including phenoxy) is 1. The zero-order chi connectivity index (χ0) is 14.3. The molecule has 0 aromatic heterocycles. The van der Waals surface area contributed by atoms with E-state index in [1.54, 1.807) is 7.11 Å². The van der Waals surface area contributed by atoms with Crippen molar-refractivity contribution in [1.29, 1.82) is 0 Å². The average Bonchev–Trinajstić information content (AvgIpc) is 2.74. The first-order valence-corrected chi connectivity index (χ1v) is 7.30. The Kier molecular flexibility index (Phi) is 3.11. The number of nitrogens with zero attached hydrogens (tertiary/aromatic N) is 2. The van der Waals surface area contributed by atoms with E-state index in [4.69, 9.17) is 10.5 Å². The van der Waals surface area contributed by atoms with Gasteiger partial charge in [0, 0.05) is 0 Å². The Labute approximate surface area is 120 Å². The maximum absolute atomic E-state index is 6.16. The van der Waals surface area contributed by atoms with Crippen LogP contribution in [0, 0.1) is 11.8 Å². The van der Waals surface area contributed by atoms with E-state index in [0.717, 1.165) is 42.7 Å². The molecule has 1 spiro atoms. The summed E-state index contributed by atoms with van der Waals surface area (Å²) in [6, 6.07) is 8.05. The number of methoxy groups -OCH3 is 1. The van der Waals surface area contributed by atoms with Crippen molar-refractivity contribution in [3.8, 4) is 5.75 Å². The summed E-state index contributed by atoms with van der Waals surface area (Å²) in [5.41, 5.74) is 7.28. The van der Waals surface area contributed by atoms with E-state index in [1.165, 1.54) is 0 Å². The maximum atomic E-state index is 6.16. The Hall–Kier alpha value is -1.71. The summed E-state index contributed by atoms with van der Waals surface area (Å²) in [5, 5.41) is 0. The second-order valence-electron chi connectivity index (χ2n) is 6.32. The highest BCUT2D eigenvalue weighted by molar-refractivity contribution is 5.99. The molecule has 3 rings (SSSR count). The Morgan fingerprint density at radius 2 is 2.05 bits per heavy atom. The van der Waals surface area contributed by atoms with Crippen molar-refractivity contribution in [1.82, 2.24) is 0 Å². The molecule has 2 aliphatic rings. The predicted molar refractivity (Wildman–Crippen MR) is 82.3 cm³/mol. The van der Waals surface area contributed by atoms with Crippen molar-refractivity contribution in [3.63, 3.8) is 0 Å². The van der Waals surface area contributed by atoms with E-state index in [-0.39, 0.29) is 5.54 Å². The van der Waals surface area contributed by atoms with Crippen molar-refractivity contribution in [2.75, 3.05) is 18.6 Å². The SMILES string of the molecule is COc1ccccc1N1C(N)=NCC12CC(C(C)C)C2. The van der Waals surface area contributed by atoms with Gasteiger partial charge in [-0.2, -0.15) is 0 Å². The summed E-state index contributed by atoms with van der Waals surface area (Å²) < 4.78 is 5.49. The lowest BCUT2D eigenvalue weighted by Gasteiger charge is -2.52. The van der Waals surface area contributed by atoms with Gasteiger partial charge in [0.25, 0.3) is 0 Å². The van der Waals surface area contributed by atoms with Crippen LogP contribution in [0.2, 0.25) is 0 Å². The Balaban J connectivity index is 1.92. The second kappa shape index (κ2) is 4.69. The average molecular weight is 273 g/mol. The van der Waals surface area contributed by atoms with Crippen LogP contribution >= 0.6 is 0 Å². The number of para-hydroxylation sites is 2. The van der Waals surface area contributed by atoms with Crippen molar-refractivity contribution in [3.05, 3.63) is 24.3 Å². The molecular weight excluding hydrogens is 250 g/mol. The largest absolute Gasteiger partial charge is 0.495 e. The molecule has 0 saturated heterocycles. The standard InChI is InChI=1S/C16H23N3O/c1-11(2)12-8-16(9-12)10-18-15(17)19(16)13-6-4-5-7-14(13)20-3/h4-7,11-12H,8-10H2,1-3H3,(H2,17,18). The summed E-state index contributed by atoms with van der Waals surface area (Å²) in [6.45, 7) is 5.40. The van der Waals surface area contributed by atoms with Gasteiger partial charge in [0.05, 0.1) is 24.9 Å². The third-order valence-electron chi connectivity index (χ3n) is 4.79. The topological polar surface area (TPSA) is 50.9 Å². The number of benzene rings is 1. The quantitative estimate of drug-likeness (QED) is 0.921. The van der Waals surface area contributed by atoms with E-state index in [2.05, 4.69) is 29.8 Å². The van der Waals surface area contributed by atoms with Gasteiger partial charge in [-0.3, -0.25) is 4.99 Å². The van der Waals surface area contributed by atoms with Crippen molar-refractivity contribution < 1.29 is 4.74 Å². The first-order valence-electron chi connectivity index (χ1n) is 7.30. The summed E-state index contributed by atoms with van der Waals surface area (Å²) in [5.74, 6) is 2.98. The van der Waals surface area contributed by atoms with Crippen LogP contribution in [0.15, 0.2) is 29.3 Å². The number of guanidine groups is 1. The molecule has 0 radical (unpaired) electrons. The fourth-order valence-electron chi connectivity index (χ4n) is 3.51. The van der Waals surface area contributed by atoms with Gasteiger partial charge in [-0.15, -0.1) is 0 Å². The Morgan fingerprint density at radius 1 is 1.35 bits per heavy atom. The molecule has 1 saturated carbocycles. The number of aliphatic imine (C=N–C) groups is 1. The van der Waals surface area contributed by atoms with Crippen LogP contribution < -0.4 is 15.4 Å². The fraction of sp³-hybridized carbons (Fsp3) is 0.562. The smallest absolute Gasteiger partial charge is 0.196 e. The van der Waals surface area contributed by atoms with E-state index >= 15 is 0 Å². The van der Waals surface area contributed by atoms with Gasteiger partial charge >= 0.3 is 0 Å². The Bertz CT molecular complexity index is 532. The molecule has 2 N–H and O–H groups in total. The molecule has 1 aliphatic heterocycles. The van der Waals surface area contributed by atoms with Crippen LogP contribution in [-0.4, -0.2) is 25.2 Å². The fourth-order valence-corrected chi connectivity index (χ4v) is 3.51. The number of nitrogens with two attached hydrogens (primary N) is 1. The van der Waals surface area contributed by atoms with Gasteiger partial charge in [0.1, 0.15) is 5.75 Å². The van der Waals surface area contributed by atoms with Gasteiger partial charge < -0.3 is 15.4 Å². The molecule has 1 aliphatic carbocycles. The van der Waals surface area contributed by atoms with E-state index in [9.17, 15) is 0 Å². The predicted octanol–water partition coefficient (Wildman–Crippen LogP) is 2.63. The third kappa shape index (κ3) is 1.86. The monoisotopic (exact) mass is 273 g/mol. The first-order chi connectivity index (χ1) is 9.57. The highest BCUT2D eigenvalue weighted by atomic mass is 16.5. The van der Waals surface area contributed by atoms with Gasteiger partial charge in [0.2, 0.25) is 0 Å². The van der Waals surface area contributed by atoms with Crippen LogP contribution in [0.25, 0.3) is 0 Å². The van der Waals surface area contributed by atoms with E-state index < -0.39 is 0 Å². The molecular formula is C16H23N3O. The van der Waals surface area contributed by atoms with Crippen LogP contribution in [0.4, 0.5) is 5.69 Å². The first kappa shape index (κ1) is 13.3. The van der Waals surface area contributed by atoms with Gasteiger partial charge in [-0.05, 0) is 36.8 Å². The van der Waals surface area contributed by atoms with Crippen LogP contribution in [-0.2, 0) is 0 Å². The molecule has 1 heterocycles. The van der Waals surface area contributed by atoms with Crippen LogP contribution in [0.5, 0.6) is 5.75 Å². The number of anilines is 1. The normalized spacial score (nSPS) is 28.7. The minimum Gasteiger partial charge on any atom is -0.495 e. The zero-order valence-electron chi connectivity index (χ0n) is 12.5. The number of rotatable bonds is 3. The van der Waals surface area contributed by atoms with Crippen molar-refractivity contribution in [2.45, 2.75) is 32.2 Å². The number of hydrogen-bond acceptors (Lipinski definition) is 4.